The predicted molar refractivity (Wildman–Crippen MR) is 79.5 cm³/mol. The fourth-order valence-electron chi connectivity index (χ4n) is 2.41. The molecule has 0 unspecified atom stereocenters. The lowest BCUT2D eigenvalue weighted by atomic mass is 10.0. The van der Waals surface area contributed by atoms with Gasteiger partial charge in [-0.3, -0.25) is 4.79 Å². The molecule has 0 spiro atoms. The Morgan fingerprint density at radius 3 is 2.74 bits per heavy atom. The lowest BCUT2D eigenvalue weighted by molar-refractivity contribution is -0.121. The minimum Gasteiger partial charge on any atom is -0.356 e. The molecule has 1 aromatic rings. The highest BCUT2D eigenvalue weighted by Crippen LogP contribution is 2.48. The van der Waals surface area contributed by atoms with Crippen LogP contribution in [0.15, 0.2) is 24.3 Å². The van der Waals surface area contributed by atoms with E-state index in [0.29, 0.717) is 17.7 Å². The fourth-order valence-corrected chi connectivity index (χ4v) is 2.81. The lowest BCUT2D eigenvalue weighted by Gasteiger charge is -2.14. The summed E-state index contributed by atoms with van der Waals surface area (Å²) in [4.78, 5) is 11.9. The number of alkyl halides is 1. The van der Waals surface area contributed by atoms with E-state index < -0.39 is 0 Å². The van der Waals surface area contributed by atoms with Crippen molar-refractivity contribution in [3.05, 3.63) is 35.4 Å². The summed E-state index contributed by atoms with van der Waals surface area (Å²) in [7, 11) is 0. The summed E-state index contributed by atoms with van der Waals surface area (Å²) in [6, 6.07) is 8.24. The molecule has 2 nitrogen and oxygen atoms in total. The van der Waals surface area contributed by atoms with Gasteiger partial charge in [0, 0.05) is 18.8 Å². The monoisotopic (exact) mass is 279 g/mol. The van der Waals surface area contributed by atoms with Crippen molar-refractivity contribution in [3.8, 4) is 0 Å². The highest BCUT2D eigenvalue weighted by molar-refractivity contribution is 6.17. The average Bonchev–Trinajstić information content (AvgIpc) is 3.16. The molecule has 0 atom stereocenters. The second kappa shape index (κ2) is 6.42. The lowest BCUT2D eigenvalue weighted by Crippen LogP contribution is -2.30. The molecule has 19 heavy (non-hydrogen) atoms. The third-order valence-corrected chi connectivity index (χ3v) is 4.31. The topological polar surface area (TPSA) is 29.1 Å². The van der Waals surface area contributed by atoms with Crippen LogP contribution in [0.4, 0.5) is 0 Å². The molecule has 2 rings (SSSR count). The molecule has 0 radical (unpaired) electrons. The third kappa shape index (κ3) is 4.24. The molecule has 1 aromatic carbocycles. The van der Waals surface area contributed by atoms with Crippen molar-refractivity contribution < 1.29 is 4.79 Å². The molecule has 0 saturated heterocycles. The molecule has 0 bridgehead atoms. The van der Waals surface area contributed by atoms with E-state index in [2.05, 4.69) is 24.4 Å². The van der Waals surface area contributed by atoms with Gasteiger partial charge < -0.3 is 5.32 Å². The third-order valence-electron chi connectivity index (χ3n) is 4.13. The van der Waals surface area contributed by atoms with Crippen LogP contribution in [0.5, 0.6) is 0 Å². The number of halogens is 1. The minimum absolute atomic E-state index is 0.157. The van der Waals surface area contributed by atoms with Gasteiger partial charge in [0.2, 0.25) is 5.91 Å². The van der Waals surface area contributed by atoms with E-state index in [0.717, 1.165) is 19.4 Å². The maximum atomic E-state index is 11.9. The van der Waals surface area contributed by atoms with Crippen LogP contribution in [0.25, 0.3) is 0 Å². The van der Waals surface area contributed by atoms with Crippen LogP contribution < -0.4 is 5.32 Å². The van der Waals surface area contributed by atoms with Gasteiger partial charge in [-0.25, -0.2) is 0 Å². The van der Waals surface area contributed by atoms with Crippen LogP contribution in [0.1, 0.15) is 36.8 Å². The van der Waals surface area contributed by atoms with E-state index in [-0.39, 0.29) is 5.91 Å². The van der Waals surface area contributed by atoms with Gasteiger partial charge in [0.25, 0.3) is 0 Å². The second-order valence-corrected chi connectivity index (χ2v) is 6.02. The van der Waals surface area contributed by atoms with Crippen LogP contribution >= 0.6 is 11.6 Å². The molecule has 1 aliphatic carbocycles. The number of hydrogen-bond donors (Lipinski definition) is 1. The Balaban J connectivity index is 1.72. The SMILES string of the molecule is Cc1ccccc1CCC(=O)NCC1(CCCl)CC1. The Hall–Kier alpha value is -1.02. The molecule has 1 amide bonds. The zero-order valence-electron chi connectivity index (χ0n) is 11.5. The predicted octanol–water partition coefficient (Wildman–Crippen LogP) is 3.45. The van der Waals surface area contributed by atoms with E-state index in [1.165, 1.54) is 24.0 Å². The summed E-state index contributed by atoms with van der Waals surface area (Å²) >= 11 is 5.79. The zero-order valence-corrected chi connectivity index (χ0v) is 12.3. The van der Waals surface area contributed by atoms with Crippen molar-refractivity contribution in [1.29, 1.82) is 0 Å². The van der Waals surface area contributed by atoms with Crippen molar-refractivity contribution in [2.75, 3.05) is 12.4 Å². The first-order valence-corrected chi connectivity index (χ1v) is 7.56. The molecular weight excluding hydrogens is 258 g/mol. The van der Waals surface area contributed by atoms with Crippen molar-refractivity contribution >= 4 is 17.5 Å². The van der Waals surface area contributed by atoms with E-state index in [1.54, 1.807) is 0 Å². The van der Waals surface area contributed by atoms with Crippen molar-refractivity contribution in [2.45, 2.75) is 39.0 Å². The van der Waals surface area contributed by atoms with E-state index in [4.69, 9.17) is 11.6 Å². The molecule has 1 saturated carbocycles. The van der Waals surface area contributed by atoms with Gasteiger partial charge >= 0.3 is 0 Å². The minimum atomic E-state index is 0.157. The van der Waals surface area contributed by atoms with Gasteiger partial charge in [-0.05, 0) is 49.1 Å². The number of carbonyl (C=O) groups excluding carboxylic acids is 1. The number of aryl methyl sites for hydroxylation is 2. The van der Waals surface area contributed by atoms with Crippen LogP contribution in [-0.2, 0) is 11.2 Å². The molecule has 0 aromatic heterocycles. The second-order valence-electron chi connectivity index (χ2n) is 5.64. The largest absolute Gasteiger partial charge is 0.356 e. The summed E-state index contributed by atoms with van der Waals surface area (Å²) in [6.45, 7) is 2.89. The Morgan fingerprint density at radius 1 is 1.37 bits per heavy atom. The summed E-state index contributed by atoms with van der Waals surface area (Å²) in [5.41, 5.74) is 2.84. The Bertz CT molecular complexity index is 440. The van der Waals surface area contributed by atoms with E-state index in [9.17, 15) is 4.79 Å². The van der Waals surface area contributed by atoms with Gasteiger partial charge in [0.1, 0.15) is 0 Å². The first-order valence-electron chi connectivity index (χ1n) is 7.02. The quantitative estimate of drug-likeness (QED) is 0.761. The standard InChI is InChI=1S/C16H22ClNO/c1-13-4-2-3-5-14(13)6-7-15(19)18-12-16(8-9-16)10-11-17/h2-5H,6-12H2,1H3,(H,18,19). The first-order chi connectivity index (χ1) is 9.15. The van der Waals surface area contributed by atoms with Crippen molar-refractivity contribution in [3.63, 3.8) is 0 Å². The summed E-state index contributed by atoms with van der Waals surface area (Å²) < 4.78 is 0. The number of nitrogens with one attached hydrogen (secondary N) is 1. The molecule has 0 aliphatic heterocycles. The average molecular weight is 280 g/mol. The molecule has 3 heteroatoms. The smallest absolute Gasteiger partial charge is 0.220 e. The zero-order chi connectivity index (χ0) is 13.7. The normalized spacial score (nSPS) is 16.1. The van der Waals surface area contributed by atoms with Crippen LogP contribution in [-0.4, -0.2) is 18.3 Å². The van der Waals surface area contributed by atoms with Crippen LogP contribution in [0.2, 0.25) is 0 Å². The van der Waals surface area contributed by atoms with Gasteiger partial charge in [0.15, 0.2) is 0 Å². The van der Waals surface area contributed by atoms with Gasteiger partial charge in [-0.2, -0.15) is 0 Å². The maximum absolute atomic E-state index is 11.9. The highest BCUT2D eigenvalue weighted by atomic mass is 35.5. The summed E-state index contributed by atoms with van der Waals surface area (Å²) in [5, 5.41) is 3.06. The van der Waals surface area contributed by atoms with E-state index >= 15 is 0 Å². The molecule has 1 fully saturated rings. The Kier molecular flexibility index (Phi) is 4.87. The number of hydrogen-bond acceptors (Lipinski definition) is 1. The van der Waals surface area contributed by atoms with Crippen molar-refractivity contribution in [2.24, 2.45) is 5.41 Å². The number of benzene rings is 1. The molecule has 0 heterocycles. The first kappa shape index (κ1) is 14.4. The Morgan fingerprint density at radius 2 is 2.11 bits per heavy atom. The fraction of sp³-hybridized carbons (Fsp3) is 0.562. The Labute approximate surface area is 120 Å². The van der Waals surface area contributed by atoms with Crippen molar-refractivity contribution in [1.82, 2.24) is 5.32 Å². The van der Waals surface area contributed by atoms with Crippen LogP contribution in [0, 0.1) is 12.3 Å². The number of rotatable bonds is 7. The van der Waals surface area contributed by atoms with Gasteiger partial charge in [-0.15, -0.1) is 11.6 Å². The number of amides is 1. The van der Waals surface area contributed by atoms with Gasteiger partial charge in [-0.1, -0.05) is 24.3 Å². The molecule has 1 N–H and O–H groups in total. The summed E-state index contributed by atoms with van der Waals surface area (Å²) in [6.07, 6.45) is 4.82. The summed E-state index contributed by atoms with van der Waals surface area (Å²) in [5.74, 6) is 0.850. The molecular formula is C16H22ClNO. The molecule has 1 aliphatic rings. The highest BCUT2D eigenvalue weighted by Gasteiger charge is 2.41. The van der Waals surface area contributed by atoms with Gasteiger partial charge in [0.05, 0.1) is 0 Å². The van der Waals surface area contributed by atoms with E-state index in [1.807, 2.05) is 12.1 Å². The maximum Gasteiger partial charge on any atom is 0.220 e. The number of carbonyl (C=O) groups is 1. The molecule has 104 valence electrons. The van der Waals surface area contributed by atoms with Crippen LogP contribution in [0.3, 0.4) is 0 Å².